The van der Waals surface area contributed by atoms with Gasteiger partial charge in [0.2, 0.25) is 0 Å². The van der Waals surface area contributed by atoms with Crippen LogP contribution in [0.4, 0.5) is 4.39 Å². The third-order valence-electron chi connectivity index (χ3n) is 3.74. The minimum Gasteiger partial charge on any atom is -0.336 e. The summed E-state index contributed by atoms with van der Waals surface area (Å²) in [6, 6.07) is 4.59. The Labute approximate surface area is 121 Å². The van der Waals surface area contributed by atoms with Crippen LogP contribution in [0.1, 0.15) is 30.1 Å². The lowest BCUT2D eigenvalue weighted by Gasteiger charge is -2.37. The van der Waals surface area contributed by atoms with Crippen molar-refractivity contribution >= 4 is 21.8 Å². The van der Waals surface area contributed by atoms with Gasteiger partial charge in [-0.15, -0.1) is 0 Å². The predicted molar refractivity (Wildman–Crippen MR) is 76.4 cm³/mol. The highest BCUT2D eigenvalue weighted by Crippen LogP contribution is 2.24. The number of halogens is 2. The highest BCUT2D eigenvalue weighted by Gasteiger charge is 2.29. The van der Waals surface area contributed by atoms with Crippen molar-refractivity contribution in [2.45, 2.75) is 25.8 Å². The van der Waals surface area contributed by atoms with Gasteiger partial charge in [-0.3, -0.25) is 4.79 Å². The first-order chi connectivity index (χ1) is 9.02. The highest BCUT2D eigenvalue weighted by atomic mass is 79.9. The quantitative estimate of drug-likeness (QED) is 0.907. The molecule has 1 aromatic carbocycles. The van der Waals surface area contributed by atoms with E-state index in [1.54, 1.807) is 0 Å². The number of likely N-dealkylation sites (tertiary alicyclic amines) is 1. The second-order valence-corrected chi connectivity index (χ2v) is 5.97. The molecule has 0 radical (unpaired) electrons. The maximum atomic E-state index is 13.2. The molecule has 0 aliphatic carbocycles. The van der Waals surface area contributed by atoms with E-state index in [0.29, 0.717) is 29.0 Å². The van der Waals surface area contributed by atoms with E-state index in [2.05, 4.69) is 15.9 Å². The Hall–Kier alpha value is -0.940. The van der Waals surface area contributed by atoms with Gasteiger partial charge in [-0.25, -0.2) is 4.39 Å². The molecule has 0 aromatic heterocycles. The van der Waals surface area contributed by atoms with Gasteiger partial charge in [-0.2, -0.15) is 0 Å². The van der Waals surface area contributed by atoms with Crippen molar-refractivity contribution < 1.29 is 9.18 Å². The average molecular weight is 329 g/mol. The van der Waals surface area contributed by atoms with Gasteiger partial charge in [0.1, 0.15) is 5.82 Å². The molecule has 2 rings (SSSR count). The zero-order chi connectivity index (χ0) is 14.0. The minimum atomic E-state index is -0.358. The smallest absolute Gasteiger partial charge is 0.254 e. The lowest BCUT2D eigenvalue weighted by molar-refractivity contribution is 0.0567. The molecule has 0 spiro atoms. The molecule has 1 aliphatic rings. The zero-order valence-electron chi connectivity index (χ0n) is 10.9. The maximum absolute atomic E-state index is 13.2. The second kappa shape index (κ2) is 6.01. The summed E-state index contributed by atoms with van der Waals surface area (Å²) < 4.78 is 13.5. The Morgan fingerprint density at radius 1 is 1.53 bits per heavy atom. The van der Waals surface area contributed by atoms with Crippen molar-refractivity contribution in [1.29, 1.82) is 0 Å². The fourth-order valence-electron chi connectivity index (χ4n) is 2.45. The third kappa shape index (κ3) is 3.15. The fraction of sp³-hybridized carbons (Fsp3) is 0.500. The lowest BCUT2D eigenvalue weighted by atomic mass is 9.93. The molecule has 1 saturated heterocycles. The van der Waals surface area contributed by atoms with Crippen LogP contribution in [0, 0.1) is 11.7 Å². The van der Waals surface area contributed by atoms with Crippen molar-refractivity contribution in [3.05, 3.63) is 34.1 Å². The molecule has 1 amide bonds. The van der Waals surface area contributed by atoms with Crippen molar-refractivity contribution in [3.63, 3.8) is 0 Å². The van der Waals surface area contributed by atoms with Crippen LogP contribution in [0.5, 0.6) is 0 Å². The van der Waals surface area contributed by atoms with Gasteiger partial charge in [0, 0.05) is 18.2 Å². The number of benzene rings is 1. The number of nitrogens with two attached hydrogens (primary N) is 1. The van der Waals surface area contributed by atoms with Crippen LogP contribution in [-0.4, -0.2) is 29.9 Å². The summed E-state index contributed by atoms with van der Waals surface area (Å²) in [6.45, 7) is 3.33. The first kappa shape index (κ1) is 14.5. The summed E-state index contributed by atoms with van der Waals surface area (Å²) in [5.74, 6) is -0.0431. The molecular formula is C14H18BrFN2O. The van der Waals surface area contributed by atoms with Gasteiger partial charge in [0.25, 0.3) is 5.91 Å². The number of carbonyl (C=O) groups is 1. The normalized spacial score (nSPS) is 23.5. The van der Waals surface area contributed by atoms with E-state index in [4.69, 9.17) is 5.73 Å². The van der Waals surface area contributed by atoms with Crippen LogP contribution in [-0.2, 0) is 0 Å². The summed E-state index contributed by atoms with van der Waals surface area (Å²) in [5.41, 5.74) is 6.21. The molecule has 5 heteroatoms. The number of hydrogen-bond acceptors (Lipinski definition) is 2. The van der Waals surface area contributed by atoms with Gasteiger partial charge < -0.3 is 10.6 Å². The Balaban J connectivity index is 2.19. The van der Waals surface area contributed by atoms with Crippen molar-refractivity contribution in [1.82, 2.24) is 4.90 Å². The molecule has 1 aliphatic heterocycles. The molecule has 1 aromatic rings. The fourth-order valence-corrected chi connectivity index (χ4v) is 2.83. The summed E-state index contributed by atoms with van der Waals surface area (Å²) in [5, 5.41) is 0. The average Bonchev–Trinajstić information content (AvgIpc) is 2.41. The molecule has 2 N–H and O–H groups in total. The van der Waals surface area contributed by atoms with E-state index in [0.717, 1.165) is 12.8 Å². The van der Waals surface area contributed by atoms with E-state index < -0.39 is 0 Å². The molecule has 2 atom stereocenters. The Morgan fingerprint density at radius 2 is 2.26 bits per heavy atom. The molecule has 3 nitrogen and oxygen atoms in total. The van der Waals surface area contributed by atoms with Gasteiger partial charge in [0.05, 0.1) is 4.47 Å². The molecule has 19 heavy (non-hydrogen) atoms. The van der Waals surface area contributed by atoms with Crippen LogP contribution >= 0.6 is 15.9 Å². The molecule has 1 fully saturated rings. The maximum Gasteiger partial charge on any atom is 0.254 e. The third-order valence-corrected chi connectivity index (χ3v) is 4.35. The summed E-state index contributed by atoms with van der Waals surface area (Å²) in [7, 11) is 0. The largest absolute Gasteiger partial charge is 0.336 e. The number of hydrogen-bond donors (Lipinski definition) is 1. The molecular weight excluding hydrogens is 311 g/mol. The van der Waals surface area contributed by atoms with Crippen molar-refractivity contribution in [2.75, 3.05) is 13.1 Å². The van der Waals surface area contributed by atoms with Gasteiger partial charge in [0.15, 0.2) is 0 Å². The van der Waals surface area contributed by atoms with E-state index in [9.17, 15) is 9.18 Å². The van der Waals surface area contributed by atoms with Crippen LogP contribution in [0.3, 0.4) is 0 Å². The van der Waals surface area contributed by atoms with Gasteiger partial charge in [-0.05, 0) is 66.4 Å². The Morgan fingerprint density at radius 3 is 2.89 bits per heavy atom. The van der Waals surface area contributed by atoms with Crippen molar-refractivity contribution in [2.24, 2.45) is 11.7 Å². The van der Waals surface area contributed by atoms with E-state index >= 15 is 0 Å². The molecule has 0 saturated carbocycles. The van der Waals surface area contributed by atoms with Crippen LogP contribution in [0.15, 0.2) is 22.7 Å². The summed E-state index contributed by atoms with van der Waals surface area (Å²) in [6.07, 6.45) is 2.03. The molecule has 2 unspecified atom stereocenters. The van der Waals surface area contributed by atoms with Crippen LogP contribution < -0.4 is 5.73 Å². The minimum absolute atomic E-state index is 0.0497. The number of carbonyl (C=O) groups excluding carboxylic acids is 1. The first-order valence-corrected chi connectivity index (χ1v) is 7.28. The summed E-state index contributed by atoms with van der Waals surface area (Å²) in [4.78, 5) is 14.3. The lowest BCUT2D eigenvalue weighted by Crippen LogP contribution is -2.47. The molecule has 1 heterocycles. The number of nitrogens with zero attached hydrogens (tertiary/aromatic N) is 1. The van der Waals surface area contributed by atoms with Gasteiger partial charge in [-0.1, -0.05) is 0 Å². The van der Waals surface area contributed by atoms with Gasteiger partial charge >= 0.3 is 0 Å². The number of rotatable bonds is 2. The second-order valence-electron chi connectivity index (χ2n) is 5.11. The van der Waals surface area contributed by atoms with Crippen molar-refractivity contribution in [3.8, 4) is 0 Å². The van der Waals surface area contributed by atoms with E-state index in [1.165, 1.54) is 18.2 Å². The van der Waals surface area contributed by atoms with Crippen LogP contribution in [0.25, 0.3) is 0 Å². The predicted octanol–water partition coefficient (Wildman–Crippen LogP) is 2.79. The molecule has 0 bridgehead atoms. The van der Waals surface area contributed by atoms with E-state index in [1.807, 2.05) is 11.8 Å². The standard InChI is InChI=1S/C14H18BrFN2O/c1-9-2-3-10(7-17)8-18(9)14(19)11-4-5-13(16)12(15)6-11/h4-6,9-10H,2-3,7-8,17H2,1H3. The first-order valence-electron chi connectivity index (χ1n) is 6.49. The highest BCUT2D eigenvalue weighted by molar-refractivity contribution is 9.10. The van der Waals surface area contributed by atoms with Crippen LogP contribution in [0.2, 0.25) is 0 Å². The SMILES string of the molecule is CC1CCC(CN)CN1C(=O)c1ccc(F)c(Br)c1. The number of piperidine rings is 1. The van der Waals surface area contributed by atoms with E-state index in [-0.39, 0.29) is 17.8 Å². The summed E-state index contributed by atoms with van der Waals surface area (Å²) >= 11 is 3.11. The Kier molecular flexibility index (Phi) is 4.58. The Bertz CT molecular complexity index is 481. The number of amides is 1. The monoisotopic (exact) mass is 328 g/mol. The molecule has 104 valence electrons. The topological polar surface area (TPSA) is 46.3 Å². The zero-order valence-corrected chi connectivity index (χ0v) is 12.5.